The first kappa shape index (κ1) is 32.9. The third-order valence-electron chi connectivity index (χ3n) is 4.75. The van der Waals surface area contributed by atoms with Crippen LogP contribution in [-0.4, -0.2) is 48.0 Å². The molecule has 6 rings (SSSR count). The summed E-state index contributed by atoms with van der Waals surface area (Å²) in [7, 11) is -3.16. The van der Waals surface area contributed by atoms with Gasteiger partial charge in [-0.1, -0.05) is 73.3 Å². The van der Waals surface area contributed by atoms with Crippen LogP contribution in [0.4, 0.5) is 5.13 Å². The number of anilines is 1. The van der Waals surface area contributed by atoms with Crippen molar-refractivity contribution < 1.29 is 8.42 Å². The number of sulfone groups is 1. The summed E-state index contributed by atoms with van der Waals surface area (Å²) in [6.07, 6.45) is 3.22. The Balaban J connectivity index is 0.000000159. The van der Waals surface area contributed by atoms with Crippen LogP contribution >= 0.6 is 45.8 Å². The van der Waals surface area contributed by atoms with Crippen LogP contribution < -0.4 is 11.1 Å². The third-order valence-corrected chi connectivity index (χ3v) is 10.5. The molecular weight excluding hydrogens is 611 g/mol. The topological polar surface area (TPSA) is 111 Å². The molecule has 0 aliphatic carbocycles. The predicted molar refractivity (Wildman–Crippen MR) is 182 cm³/mol. The van der Waals surface area contributed by atoms with Crippen LogP contribution in [0.1, 0.15) is 27.7 Å². The average molecular weight is 646 g/mol. The summed E-state index contributed by atoms with van der Waals surface area (Å²) in [6.45, 7) is 8.12. The Morgan fingerprint density at radius 1 is 0.732 bits per heavy atom. The van der Waals surface area contributed by atoms with Crippen LogP contribution in [0.25, 0.3) is 30.6 Å². The summed E-state index contributed by atoms with van der Waals surface area (Å²) in [4.78, 5) is 12.9. The predicted octanol–water partition coefficient (Wildman–Crippen LogP) is 8.19. The van der Waals surface area contributed by atoms with Crippen molar-refractivity contribution in [1.82, 2.24) is 15.0 Å². The Hall–Kier alpha value is -2.61. The summed E-state index contributed by atoms with van der Waals surface area (Å²) in [5.41, 5.74) is 8.05. The maximum Gasteiger partial charge on any atom is 0.210 e. The van der Waals surface area contributed by atoms with Crippen molar-refractivity contribution in [2.45, 2.75) is 48.5 Å². The minimum absolute atomic E-state index is 0.189. The highest BCUT2D eigenvalue weighted by molar-refractivity contribution is 8.00. The van der Waals surface area contributed by atoms with E-state index in [0.29, 0.717) is 12.1 Å². The first-order chi connectivity index (χ1) is 19.5. The van der Waals surface area contributed by atoms with Gasteiger partial charge in [-0.3, -0.25) is 0 Å². The highest BCUT2D eigenvalue weighted by Gasteiger charge is 2.12. The number of hydrogen-bond acceptors (Lipinski definition) is 11. The van der Waals surface area contributed by atoms with Crippen LogP contribution in [0.15, 0.2) is 81.5 Å². The lowest BCUT2D eigenvalue weighted by atomic mass is 10.3. The molecule has 0 saturated heterocycles. The first-order valence-corrected chi connectivity index (χ1v) is 18.4. The molecule has 0 bridgehead atoms. The fraction of sp³-hybridized carbons (Fsp3) is 0.276. The monoisotopic (exact) mass is 645 g/mol. The fourth-order valence-electron chi connectivity index (χ4n) is 3.13. The van der Waals surface area contributed by atoms with Gasteiger partial charge in [-0.05, 0) is 62.5 Å². The van der Waals surface area contributed by atoms with E-state index in [9.17, 15) is 8.42 Å². The summed E-state index contributed by atoms with van der Waals surface area (Å²) in [5, 5.41) is 4.31. The van der Waals surface area contributed by atoms with E-state index in [1.165, 1.54) is 27.0 Å². The quantitative estimate of drug-likeness (QED) is 0.185. The highest BCUT2D eigenvalue weighted by atomic mass is 32.2. The number of rotatable bonds is 4. The van der Waals surface area contributed by atoms with Crippen LogP contribution in [-0.2, 0) is 9.84 Å². The fourth-order valence-corrected chi connectivity index (χ4v) is 7.47. The molecule has 0 radical (unpaired) electrons. The Bertz CT molecular complexity index is 1670. The number of nitrogens with one attached hydrogen (secondary N) is 1. The highest BCUT2D eigenvalue weighted by Crippen LogP contribution is 2.28. The molecule has 6 aromatic rings. The molecule has 0 unspecified atom stereocenters. The van der Waals surface area contributed by atoms with E-state index in [0.717, 1.165) is 30.7 Å². The molecule has 0 aliphatic rings. The van der Waals surface area contributed by atoms with Crippen LogP contribution in [0.3, 0.4) is 0 Å². The molecule has 3 aromatic heterocycles. The normalized spacial score (nSPS) is 11.0. The molecule has 0 fully saturated rings. The molecule has 0 amide bonds. The van der Waals surface area contributed by atoms with Crippen molar-refractivity contribution in [3.05, 3.63) is 72.8 Å². The second-order valence-electron chi connectivity index (χ2n) is 9.40. The maximum atomic E-state index is 11.2. The molecule has 0 atom stereocenters. The van der Waals surface area contributed by atoms with Crippen molar-refractivity contribution in [2.24, 2.45) is 5.73 Å². The first-order valence-electron chi connectivity index (χ1n) is 12.8. The summed E-state index contributed by atoms with van der Waals surface area (Å²) in [5.74, 6) is 0. The molecule has 218 valence electrons. The Morgan fingerprint density at radius 3 is 1.59 bits per heavy atom. The second-order valence-corrected chi connectivity index (χ2v) is 15.7. The van der Waals surface area contributed by atoms with Crippen molar-refractivity contribution in [2.75, 3.05) is 17.8 Å². The molecule has 0 aliphatic heterocycles. The molecule has 7 nitrogen and oxygen atoms in total. The molecule has 12 heteroatoms. The molecule has 3 aromatic carbocycles. The van der Waals surface area contributed by atoms with Gasteiger partial charge in [0.2, 0.25) is 14.2 Å². The standard InChI is InChI=1S/C10H12N2S.C8H7NO2S2.C8H7NS2.C3H9N/c1-7(2)11-10-12-8-5-3-4-6-9(8)13-10;1-13(10,11)8-9-6-4-2-3-5-7(6)12-8;1-10-8-9-6-4-2-3-5-7(6)11-8;1-3(2)4/h3-7H,1-2H3,(H,11,12);2-5H,1H3;2-5H,1H3;3H,4H2,1-2H3. The summed E-state index contributed by atoms with van der Waals surface area (Å²) >= 11 is 6.36. The zero-order valence-corrected chi connectivity index (χ0v) is 27.9. The lowest BCUT2D eigenvalue weighted by Gasteiger charge is -2.03. The Labute approximate surface area is 258 Å². The lowest BCUT2D eigenvalue weighted by molar-refractivity contribution is 0.601. The number of benzene rings is 3. The number of hydrogen-bond donors (Lipinski definition) is 2. The second kappa shape index (κ2) is 15.6. The summed E-state index contributed by atoms with van der Waals surface area (Å²) in [6, 6.07) is 24.6. The zero-order chi connectivity index (χ0) is 30.0. The smallest absolute Gasteiger partial charge is 0.210 e. The van der Waals surface area contributed by atoms with Gasteiger partial charge in [-0.25, -0.2) is 23.4 Å². The van der Waals surface area contributed by atoms with Crippen molar-refractivity contribution in [3.8, 4) is 0 Å². The van der Waals surface area contributed by atoms with E-state index >= 15 is 0 Å². The number of fused-ring (bicyclic) bond motifs is 3. The number of nitrogens with zero attached hydrogens (tertiary/aromatic N) is 3. The van der Waals surface area contributed by atoms with Gasteiger partial charge in [0.15, 0.2) is 9.47 Å². The molecule has 0 spiro atoms. The van der Waals surface area contributed by atoms with Gasteiger partial charge in [0.25, 0.3) is 0 Å². The van der Waals surface area contributed by atoms with Gasteiger partial charge in [-0.15, -0.1) is 22.7 Å². The number of thioether (sulfide) groups is 1. The van der Waals surface area contributed by atoms with Gasteiger partial charge in [0.1, 0.15) is 0 Å². The molecular formula is C29H35N5O2S5. The van der Waals surface area contributed by atoms with E-state index < -0.39 is 9.84 Å². The molecule has 3 heterocycles. The average Bonchev–Trinajstić information content (AvgIpc) is 3.64. The third kappa shape index (κ3) is 10.6. The minimum Gasteiger partial charge on any atom is -0.359 e. The Morgan fingerprint density at radius 2 is 1.17 bits per heavy atom. The van der Waals surface area contributed by atoms with E-state index in [1.54, 1.807) is 40.5 Å². The van der Waals surface area contributed by atoms with E-state index in [4.69, 9.17) is 5.73 Å². The Kier molecular flexibility index (Phi) is 12.5. The lowest BCUT2D eigenvalue weighted by Crippen LogP contribution is -2.08. The molecule has 0 saturated carbocycles. The maximum absolute atomic E-state index is 11.2. The molecule has 3 N–H and O–H groups in total. The number of nitrogens with two attached hydrogens (primary N) is 1. The van der Waals surface area contributed by atoms with E-state index in [-0.39, 0.29) is 4.34 Å². The SMILES string of the molecule is CC(C)N.CC(C)Nc1nc2ccccc2s1.CS(=O)(=O)c1nc2ccccc2s1.CSc1nc2ccccc2s1. The van der Waals surface area contributed by atoms with Crippen molar-refractivity contribution >= 4 is 91.4 Å². The number of thiazole rings is 3. The van der Waals surface area contributed by atoms with Gasteiger partial charge in [0.05, 0.1) is 30.6 Å². The van der Waals surface area contributed by atoms with Crippen LogP contribution in [0.2, 0.25) is 0 Å². The van der Waals surface area contributed by atoms with Crippen LogP contribution in [0, 0.1) is 0 Å². The van der Waals surface area contributed by atoms with Crippen molar-refractivity contribution in [1.29, 1.82) is 0 Å². The van der Waals surface area contributed by atoms with Gasteiger partial charge in [-0.2, -0.15) is 0 Å². The minimum atomic E-state index is -3.16. The number of para-hydroxylation sites is 3. The number of aromatic nitrogens is 3. The van der Waals surface area contributed by atoms with Crippen LogP contribution in [0.5, 0.6) is 0 Å². The summed E-state index contributed by atoms with van der Waals surface area (Å²) < 4.78 is 27.1. The van der Waals surface area contributed by atoms with Gasteiger partial charge in [0, 0.05) is 12.3 Å². The molecule has 41 heavy (non-hydrogen) atoms. The van der Waals surface area contributed by atoms with E-state index in [1.807, 2.05) is 68.4 Å². The van der Waals surface area contributed by atoms with E-state index in [2.05, 4.69) is 52.5 Å². The largest absolute Gasteiger partial charge is 0.359 e. The zero-order valence-electron chi connectivity index (χ0n) is 23.9. The van der Waals surface area contributed by atoms with Gasteiger partial charge < -0.3 is 11.1 Å². The van der Waals surface area contributed by atoms with Gasteiger partial charge >= 0.3 is 0 Å². The van der Waals surface area contributed by atoms with Crippen molar-refractivity contribution in [3.63, 3.8) is 0 Å².